The number of amides is 3. The van der Waals surface area contributed by atoms with Gasteiger partial charge in [-0.1, -0.05) is 42.5 Å². The first kappa shape index (κ1) is 20.1. The topological polar surface area (TPSA) is 78.5 Å². The van der Waals surface area contributed by atoms with E-state index in [2.05, 4.69) is 10.6 Å². The number of rotatable bonds is 4. The first-order valence-corrected chi connectivity index (χ1v) is 10.2. The summed E-state index contributed by atoms with van der Waals surface area (Å²) in [5.41, 5.74) is 0.942. The van der Waals surface area contributed by atoms with Crippen LogP contribution in [0.5, 0.6) is 0 Å². The fourth-order valence-corrected chi connectivity index (χ4v) is 3.84. The Morgan fingerprint density at radius 1 is 1.07 bits per heavy atom. The minimum Gasteiger partial charge on any atom is -0.356 e. The molecule has 1 unspecified atom stereocenters. The second-order valence-corrected chi connectivity index (χ2v) is 7.49. The molecule has 0 saturated carbocycles. The SMILES string of the molecule is O=C1CC(c2ccccc2)N(C(=O)CNC(=O)C2CC=CC2)CCCCCN1. The van der Waals surface area contributed by atoms with Crippen LogP contribution in [0.25, 0.3) is 0 Å². The van der Waals surface area contributed by atoms with Gasteiger partial charge in [-0.25, -0.2) is 0 Å². The van der Waals surface area contributed by atoms with E-state index in [-0.39, 0.29) is 42.6 Å². The van der Waals surface area contributed by atoms with Crippen LogP contribution in [-0.4, -0.2) is 42.3 Å². The maximum Gasteiger partial charge on any atom is 0.242 e. The van der Waals surface area contributed by atoms with Crippen molar-refractivity contribution < 1.29 is 14.4 Å². The lowest BCUT2D eigenvalue weighted by Gasteiger charge is -2.33. The van der Waals surface area contributed by atoms with E-state index in [4.69, 9.17) is 0 Å². The van der Waals surface area contributed by atoms with E-state index in [0.29, 0.717) is 13.1 Å². The Hall–Kier alpha value is -2.63. The summed E-state index contributed by atoms with van der Waals surface area (Å²) < 4.78 is 0. The van der Waals surface area contributed by atoms with Gasteiger partial charge < -0.3 is 15.5 Å². The van der Waals surface area contributed by atoms with Gasteiger partial charge in [-0.05, 0) is 37.7 Å². The molecule has 1 aromatic rings. The van der Waals surface area contributed by atoms with Crippen LogP contribution in [0.15, 0.2) is 42.5 Å². The van der Waals surface area contributed by atoms with Crippen molar-refractivity contribution in [3.05, 3.63) is 48.0 Å². The van der Waals surface area contributed by atoms with Crippen molar-refractivity contribution >= 4 is 17.7 Å². The summed E-state index contributed by atoms with van der Waals surface area (Å²) >= 11 is 0. The predicted molar refractivity (Wildman–Crippen MR) is 107 cm³/mol. The van der Waals surface area contributed by atoms with Gasteiger partial charge in [0.25, 0.3) is 0 Å². The number of allylic oxidation sites excluding steroid dienone is 2. The molecule has 150 valence electrons. The molecular formula is C22H29N3O3. The molecule has 1 heterocycles. The molecule has 1 fully saturated rings. The number of carbonyl (C=O) groups excluding carboxylic acids is 3. The number of hydrogen-bond donors (Lipinski definition) is 2. The lowest BCUT2D eigenvalue weighted by atomic mass is 10.00. The Labute approximate surface area is 166 Å². The van der Waals surface area contributed by atoms with Crippen LogP contribution >= 0.6 is 0 Å². The molecule has 3 amide bonds. The summed E-state index contributed by atoms with van der Waals surface area (Å²) in [5.74, 6) is -0.327. The van der Waals surface area contributed by atoms with Crippen molar-refractivity contribution in [2.75, 3.05) is 19.6 Å². The van der Waals surface area contributed by atoms with Crippen molar-refractivity contribution in [3.8, 4) is 0 Å². The maximum atomic E-state index is 13.0. The van der Waals surface area contributed by atoms with E-state index < -0.39 is 0 Å². The molecule has 1 atom stereocenters. The smallest absolute Gasteiger partial charge is 0.242 e. The number of carbonyl (C=O) groups is 3. The molecule has 2 aliphatic rings. The summed E-state index contributed by atoms with van der Waals surface area (Å²) in [5, 5.41) is 5.74. The predicted octanol–water partition coefficient (Wildman–Crippen LogP) is 2.33. The van der Waals surface area contributed by atoms with Gasteiger partial charge in [0.05, 0.1) is 19.0 Å². The molecule has 6 heteroatoms. The lowest BCUT2D eigenvalue weighted by Crippen LogP contribution is -2.45. The zero-order chi connectivity index (χ0) is 19.8. The molecule has 28 heavy (non-hydrogen) atoms. The van der Waals surface area contributed by atoms with E-state index in [1.54, 1.807) is 4.90 Å². The zero-order valence-electron chi connectivity index (χ0n) is 16.2. The summed E-state index contributed by atoms with van der Waals surface area (Å²) in [6.45, 7) is 1.24. The molecule has 0 aromatic heterocycles. The molecule has 1 aromatic carbocycles. The number of nitrogens with one attached hydrogen (secondary N) is 2. The third-order valence-electron chi connectivity index (χ3n) is 5.45. The van der Waals surface area contributed by atoms with Crippen LogP contribution in [-0.2, 0) is 14.4 Å². The first-order valence-electron chi connectivity index (χ1n) is 10.2. The van der Waals surface area contributed by atoms with Crippen LogP contribution in [0.2, 0.25) is 0 Å². The monoisotopic (exact) mass is 383 g/mol. The molecule has 0 spiro atoms. The largest absolute Gasteiger partial charge is 0.356 e. The van der Waals surface area contributed by atoms with Crippen LogP contribution in [0.4, 0.5) is 0 Å². The quantitative estimate of drug-likeness (QED) is 0.784. The molecule has 1 aliphatic carbocycles. The van der Waals surface area contributed by atoms with Gasteiger partial charge in [0.1, 0.15) is 0 Å². The highest BCUT2D eigenvalue weighted by molar-refractivity contribution is 5.87. The van der Waals surface area contributed by atoms with E-state index in [0.717, 1.165) is 37.7 Å². The van der Waals surface area contributed by atoms with Gasteiger partial charge in [0, 0.05) is 19.0 Å². The van der Waals surface area contributed by atoms with Gasteiger partial charge in [-0.2, -0.15) is 0 Å². The Bertz CT molecular complexity index is 709. The molecule has 0 bridgehead atoms. The van der Waals surface area contributed by atoms with E-state index >= 15 is 0 Å². The van der Waals surface area contributed by atoms with Crippen LogP contribution in [0, 0.1) is 5.92 Å². The van der Waals surface area contributed by atoms with Gasteiger partial charge >= 0.3 is 0 Å². The van der Waals surface area contributed by atoms with Gasteiger partial charge in [-0.3, -0.25) is 14.4 Å². The summed E-state index contributed by atoms with van der Waals surface area (Å²) in [4.78, 5) is 39.4. The molecule has 1 aliphatic heterocycles. The van der Waals surface area contributed by atoms with Crippen molar-refractivity contribution in [3.63, 3.8) is 0 Å². The molecule has 1 saturated heterocycles. The van der Waals surface area contributed by atoms with Gasteiger partial charge in [0.15, 0.2) is 0 Å². The fourth-order valence-electron chi connectivity index (χ4n) is 3.84. The normalized spacial score (nSPS) is 21.2. The Morgan fingerprint density at radius 2 is 1.82 bits per heavy atom. The molecule has 6 nitrogen and oxygen atoms in total. The van der Waals surface area contributed by atoms with Crippen LogP contribution in [0.3, 0.4) is 0 Å². The Balaban J connectivity index is 1.72. The first-order chi connectivity index (χ1) is 13.6. The Kier molecular flexibility index (Phi) is 7.23. The van der Waals surface area contributed by atoms with Crippen LogP contribution < -0.4 is 10.6 Å². The number of hydrogen-bond acceptors (Lipinski definition) is 3. The second-order valence-electron chi connectivity index (χ2n) is 7.49. The van der Waals surface area contributed by atoms with E-state index in [9.17, 15) is 14.4 Å². The summed E-state index contributed by atoms with van der Waals surface area (Å²) in [6, 6.07) is 9.34. The highest BCUT2D eigenvalue weighted by Crippen LogP contribution is 2.26. The van der Waals surface area contributed by atoms with Gasteiger partial charge in [-0.15, -0.1) is 0 Å². The lowest BCUT2D eigenvalue weighted by molar-refractivity contribution is -0.137. The number of nitrogens with zero attached hydrogens (tertiary/aromatic N) is 1. The minimum atomic E-state index is -0.322. The van der Waals surface area contributed by atoms with Gasteiger partial charge in [0.2, 0.25) is 17.7 Å². The minimum absolute atomic E-state index is 0.0275. The summed E-state index contributed by atoms with van der Waals surface area (Å²) in [6.07, 6.45) is 8.44. The van der Waals surface area contributed by atoms with Crippen LogP contribution in [0.1, 0.15) is 50.1 Å². The Morgan fingerprint density at radius 3 is 2.57 bits per heavy atom. The molecule has 2 N–H and O–H groups in total. The third kappa shape index (κ3) is 5.44. The fraction of sp³-hybridized carbons (Fsp3) is 0.500. The highest BCUT2D eigenvalue weighted by Gasteiger charge is 2.28. The molecule has 0 radical (unpaired) electrons. The molecular weight excluding hydrogens is 354 g/mol. The third-order valence-corrected chi connectivity index (χ3v) is 5.45. The maximum absolute atomic E-state index is 13.0. The average Bonchev–Trinajstić information content (AvgIpc) is 3.26. The second kappa shape index (κ2) is 10.1. The zero-order valence-corrected chi connectivity index (χ0v) is 16.2. The van der Waals surface area contributed by atoms with E-state index in [1.807, 2.05) is 42.5 Å². The van der Waals surface area contributed by atoms with Crippen molar-refractivity contribution in [1.29, 1.82) is 0 Å². The van der Waals surface area contributed by atoms with E-state index in [1.165, 1.54) is 0 Å². The number of benzene rings is 1. The molecule has 3 rings (SSSR count). The average molecular weight is 383 g/mol. The summed E-state index contributed by atoms with van der Waals surface area (Å²) in [7, 11) is 0. The van der Waals surface area contributed by atoms with Crippen molar-refractivity contribution in [2.24, 2.45) is 5.92 Å². The highest BCUT2D eigenvalue weighted by atomic mass is 16.2. The van der Waals surface area contributed by atoms with Crippen molar-refractivity contribution in [1.82, 2.24) is 15.5 Å². The standard InChI is InChI=1S/C22H29N3O3/c26-20-15-19(17-9-3-1-4-10-17)25(14-8-2-7-13-23-20)21(27)16-24-22(28)18-11-5-6-12-18/h1,3-6,9-10,18-19H,2,7-8,11-16H2,(H,23,26)(H,24,28). The van der Waals surface area contributed by atoms with Crippen molar-refractivity contribution in [2.45, 2.75) is 44.6 Å².